The van der Waals surface area contributed by atoms with E-state index < -0.39 is 0 Å². The molecule has 0 spiro atoms. The number of aromatic nitrogens is 1. The van der Waals surface area contributed by atoms with E-state index >= 15 is 0 Å². The fourth-order valence-electron chi connectivity index (χ4n) is 1.60. The Kier molecular flexibility index (Phi) is 2.12. The molecule has 0 fully saturated rings. The van der Waals surface area contributed by atoms with Crippen molar-refractivity contribution in [2.75, 3.05) is 0 Å². The Balaban J connectivity index is 2.71. The predicted octanol–water partition coefficient (Wildman–Crippen LogP) is 3.06. The Labute approximate surface area is 83.2 Å². The number of phenolic OH excluding ortho intramolecular Hbond substituents is 1. The molecule has 2 rings (SSSR count). The summed E-state index contributed by atoms with van der Waals surface area (Å²) in [5.74, 6) is 0.707. The zero-order valence-corrected chi connectivity index (χ0v) is 8.36. The zero-order valence-electron chi connectivity index (χ0n) is 8.36. The molecule has 0 aliphatic heterocycles. The highest BCUT2D eigenvalue weighted by atomic mass is 16.3. The van der Waals surface area contributed by atoms with Gasteiger partial charge in [0.15, 0.2) is 0 Å². The van der Waals surface area contributed by atoms with Crippen molar-refractivity contribution in [2.24, 2.45) is 0 Å². The molecule has 0 saturated heterocycles. The van der Waals surface area contributed by atoms with Gasteiger partial charge in [0, 0.05) is 17.8 Å². The van der Waals surface area contributed by atoms with Crippen molar-refractivity contribution in [1.29, 1.82) is 0 Å². The molecule has 2 aromatic rings. The first-order valence-corrected chi connectivity index (χ1v) is 4.75. The highest BCUT2D eigenvalue weighted by molar-refractivity contribution is 5.84. The van der Waals surface area contributed by atoms with Crippen molar-refractivity contribution in [2.45, 2.75) is 19.8 Å². The number of hydrogen-bond donors (Lipinski definition) is 1. The third-order valence-electron chi connectivity index (χ3n) is 2.41. The van der Waals surface area contributed by atoms with Gasteiger partial charge >= 0.3 is 0 Å². The van der Waals surface area contributed by atoms with Crippen LogP contribution in [0.2, 0.25) is 0 Å². The summed E-state index contributed by atoms with van der Waals surface area (Å²) < 4.78 is 0. The molecular weight excluding hydrogens is 174 g/mol. The van der Waals surface area contributed by atoms with Gasteiger partial charge in [0.05, 0.1) is 0 Å². The highest BCUT2D eigenvalue weighted by Gasteiger charge is 2.06. The first-order chi connectivity index (χ1) is 6.68. The second-order valence-corrected chi connectivity index (χ2v) is 3.79. The van der Waals surface area contributed by atoms with Gasteiger partial charge in [-0.2, -0.15) is 0 Å². The number of fused-ring (bicyclic) bond motifs is 1. The van der Waals surface area contributed by atoms with Gasteiger partial charge in [-0.3, -0.25) is 4.98 Å². The molecule has 0 amide bonds. The van der Waals surface area contributed by atoms with Crippen molar-refractivity contribution in [3.05, 3.63) is 36.2 Å². The van der Waals surface area contributed by atoms with E-state index in [2.05, 4.69) is 18.8 Å². The van der Waals surface area contributed by atoms with Gasteiger partial charge < -0.3 is 5.11 Å². The summed E-state index contributed by atoms with van der Waals surface area (Å²) in [4.78, 5) is 4.06. The highest BCUT2D eigenvalue weighted by Crippen LogP contribution is 2.29. The Morgan fingerprint density at radius 2 is 2.00 bits per heavy atom. The molecular formula is C12H13NO. The lowest BCUT2D eigenvalue weighted by Gasteiger charge is -2.09. The molecule has 2 nitrogen and oxygen atoms in total. The number of nitrogens with zero attached hydrogens (tertiary/aromatic N) is 1. The second kappa shape index (κ2) is 3.29. The van der Waals surface area contributed by atoms with E-state index in [1.54, 1.807) is 12.3 Å². The second-order valence-electron chi connectivity index (χ2n) is 3.79. The molecule has 0 aliphatic carbocycles. The van der Waals surface area contributed by atoms with Crippen LogP contribution < -0.4 is 0 Å². The number of phenols is 1. The van der Waals surface area contributed by atoms with Crippen LogP contribution in [0.15, 0.2) is 30.6 Å². The quantitative estimate of drug-likeness (QED) is 0.744. The standard InChI is InChI=1S/C12H13NO/c1-8(2)11-5-10-7-13-4-3-9(10)6-12(11)14/h3-8,14H,1-2H3. The van der Waals surface area contributed by atoms with E-state index in [1.165, 1.54) is 0 Å². The monoisotopic (exact) mass is 187 g/mol. The molecule has 1 aromatic carbocycles. The lowest BCUT2D eigenvalue weighted by Crippen LogP contribution is -1.88. The molecule has 0 bridgehead atoms. The molecule has 72 valence electrons. The van der Waals surface area contributed by atoms with E-state index in [0.29, 0.717) is 11.7 Å². The van der Waals surface area contributed by atoms with Gasteiger partial charge in [-0.05, 0) is 35.1 Å². The average molecular weight is 187 g/mol. The third-order valence-corrected chi connectivity index (χ3v) is 2.41. The average Bonchev–Trinajstić information content (AvgIpc) is 2.16. The molecule has 1 N–H and O–H groups in total. The van der Waals surface area contributed by atoms with Gasteiger partial charge in [-0.15, -0.1) is 0 Å². The minimum atomic E-state index is 0.333. The van der Waals surface area contributed by atoms with Crippen LogP contribution in [0.4, 0.5) is 0 Å². The van der Waals surface area contributed by atoms with Gasteiger partial charge in [0.2, 0.25) is 0 Å². The van der Waals surface area contributed by atoms with Crippen LogP contribution in [0, 0.1) is 0 Å². The molecule has 2 heteroatoms. The van der Waals surface area contributed by atoms with Crippen LogP contribution in [0.25, 0.3) is 10.8 Å². The van der Waals surface area contributed by atoms with E-state index in [-0.39, 0.29) is 0 Å². The largest absolute Gasteiger partial charge is 0.508 e. The maximum Gasteiger partial charge on any atom is 0.119 e. The van der Waals surface area contributed by atoms with Crippen molar-refractivity contribution < 1.29 is 5.11 Å². The van der Waals surface area contributed by atoms with Crippen LogP contribution in [-0.2, 0) is 0 Å². The molecule has 0 radical (unpaired) electrons. The van der Waals surface area contributed by atoms with E-state index in [0.717, 1.165) is 16.3 Å². The van der Waals surface area contributed by atoms with Gasteiger partial charge in [0.25, 0.3) is 0 Å². The van der Waals surface area contributed by atoms with Crippen LogP contribution in [-0.4, -0.2) is 10.1 Å². The number of pyridine rings is 1. The van der Waals surface area contributed by atoms with E-state index in [9.17, 15) is 5.11 Å². The summed E-state index contributed by atoms with van der Waals surface area (Å²) in [6, 6.07) is 5.70. The van der Waals surface area contributed by atoms with Crippen LogP contribution in [0.5, 0.6) is 5.75 Å². The summed E-state index contributed by atoms with van der Waals surface area (Å²) in [6.07, 6.45) is 3.55. The van der Waals surface area contributed by atoms with Crippen molar-refractivity contribution in [3.8, 4) is 5.75 Å². The molecule has 0 atom stereocenters. The lowest BCUT2D eigenvalue weighted by molar-refractivity contribution is 0.466. The Bertz CT molecular complexity index is 463. The summed E-state index contributed by atoms with van der Waals surface area (Å²) in [5.41, 5.74) is 0.977. The Hall–Kier alpha value is -1.57. The van der Waals surface area contributed by atoms with Crippen LogP contribution in [0.3, 0.4) is 0 Å². The van der Waals surface area contributed by atoms with Crippen LogP contribution >= 0.6 is 0 Å². The molecule has 1 aromatic heterocycles. The summed E-state index contributed by atoms with van der Waals surface area (Å²) in [5, 5.41) is 11.9. The van der Waals surface area contributed by atoms with Gasteiger partial charge in [-0.25, -0.2) is 0 Å². The number of hydrogen-bond acceptors (Lipinski definition) is 2. The van der Waals surface area contributed by atoms with Gasteiger partial charge in [-0.1, -0.05) is 13.8 Å². The summed E-state index contributed by atoms with van der Waals surface area (Å²) >= 11 is 0. The number of rotatable bonds is 1. The minimum absolute atomic E-state index is 0.333. The van der Waals surface area contributed by atoms with Crippen LogP contribution in [0.1, 0.15) is 25.3 Å². The maximum atomic E-state index is 9.76. The summed E-state index contributed by atoms with van der Waals surface area (Å²) in [7, 11) is 0. The normalized spacial score (nSPS) is 11.1. The molecule has 0 aliphatic rings. The topological polar surface area (TPSA) is 33.1 Å². The smallest absolute Gasteiger partial charge is 0.119 e. The van der Waals surface area contributed by atoms with Crippen molar-refractivity contribution in [3.63, 3.8) is 0 Å². The van der Waals surface area contributed by atoms with Crippen molar-refractivity contribution in [1.82, 2.24) is 4.98 Å². The van der Waals surface area contributed by atoms with Crippen molar-refractivity contribution >= 4 is 10.8 Å². The summed E-state index contributed by atoms with van der Waals surface area (Å²) in [6.45, 7) is 4.13. The minimum Gasteiger partial charge on any atom is -0.508 e. The third kappa shape index (κ3) is 1.43. The fourth-order valence-corrected chi connectivity index (χ4v) is 1.60. The van der Waals surface area contributed by atoms with E-state index in [4.69, 9.17) is 0 Å². The molecule has 0 unspecified atom stereocenters. The van der Waals surface area contributed by atoms with Gasteiger partial charge in [0.1, 0.15) is 5.75 Å². The molecule has 0 saturated carbocycles. The fraction of sp³-hybridized carbons (Fsp3) is 0.250. The molecule has 1 heterocycles. The lowest BCUT2D eigenvalue weighted by atomic mass is 9.99. The SMILES string of the molecule is CC(C)c1cc2cnccc2cc1O. The molecule has 14 heavy (non-hydrogen) atoms. The predicted molar refractivity (Wildman–Crippen MR) is 57.5 cm³/mol. The first kappa shape index (κ1) is 9.00. The first-order valence-electron chi connectivity index (χ1n) is 4.75. The maximum absolute atomic E-state index is 9.76. The number of aromatic hydroxyl groups is 1. The van der Waals surface area contributed by atoms with E-state index in [1.807, 2.05) is 18.3 Å². The number of benzene rings is 1. The Morgan fingerprint density at radius 3 is 2.71 bits per heavy atom. The zero-order chi connectivity index (χ0) is 10.1. The Morgan fingerprint density at radius 1 is 1.21 bits per heavy atom.